The van der Waals surface area contributed by atoms with E-state index in [-0.39, 0.29) is 17.6 Å². The number of carbonyl (C=O) groups excluding carboxylic acids is 2. The highest BCUT2D eigenvalue weighted by atomic mass is 16.2. The van der Waals surface area contributed by atoms with Gasteiger partial charge in [0.1, 0.15) is 5.82 Å². The van der Waals surface area contributed by atoms with Crippen LogP contribution in [0.4, 0.5) is 0 Å². The summed E-state index contributed by atoms with van der Waals surface area (Å²) in [7, 11) is 0. The lowest BCUT2D eigenvalue weighted by Crippen LogP contribution is -2.38. The minimum absolute atomic E-state index is 0.114. The molecule has 5 nitrogen and oxygen atoms in total. The normalized spacial score (nSPS) is 22.6. The van der Waals surface area contributed by atoms with Gasteiger partial charge < -0.3 is 4.90 Å². The summed E-state index contributed by atoms with van der Waals surface area (Å²) >= 11 is 0. The van der Waals surface area contributed by atoms with Crippen LogP contribution in [0.3, 0.4) is 0 Å². The highest BCUT2D eigenvalue weighted by molar-refractivity contribution is 5.97. The molecule has 1 saturated heterocycles. The molecule has 2 aliphatic rings. The summed E-state index contributed by atoms with van der Waals surface area (Å²) in [6.07, 6.45) is 6.04. The van der Waals surface area contributed by atoms with E-state index in [9.17, 15) is 9.59 Å². The number of fused-ring (bicyclic) bond motifs is 1. The number of aromatic nitrogens is 2. The maximum atomic E-state index is 11.8. The Labute approximate surface area is 118 Å². The SMILES string of the molecule is CC(=O)N1CCC[C@H](c2ncc3c(n2)CCCC3=O)C1. The highest BCUT2D eigenvalue weighted by Gasteiger charge is 2.27. The van der Waals surface area contributed by atoms with Gasteiger partial charge in [-0.05, 0) is 25.7 Å². The minimum Gasteiger partial charge on any atom is -0.342 e. The summed E-state index contributed by atoms with van der Waals surface area (Å²) in [4.78, 5) is 34.1. The number of Topliss-reactive ketones (excluding diaryl/α,β-unsaturated/α-hetero) is 1. The number of carbonyl (C=O) groups is 2. The minimum atomic E-state index is 0.114. The third kappa shape index (κ3) is 2.44. The van der Waals surface area contributed by atoms with Crippen LogP contribution in [0.2, 0.25) is 0 Å². The first kappa shape index (κ1) is 13.2. The van der Waals surface area contributed by atoms with Crippen molar-refractivity contribution in [3.63, 3.8) is 0 Å². The summed E-state index contributed by atoms with van der Waals surface area (Å²) in [5.74, 6) is 1.27. The molecule has 1 fully saturated rings. The van der Waals surface area contributed by atoms with Crippen LogP contribution in [0.25, 0.3) is 0 Å². The van der Waals surface area contributed by atoms with Crippen LogP contribution >= 0.6 is 0 Å². The van der Waals surface area contributed by atoms with Gasteiger partial charge >= 0.3 is 0 Å². The Balaban J connectivity index is 1.84. The zero-order valence-corrected chi connectivity index (χ0v) is 11.8. The molecule has 5 heteroatoms. The Morgan fingerprint density at radius 1 is 1.35 bits per heavy atom. The quantitative estimate of drug-likeness (QED) is 0.781. The lowest BCUT2D eigenvalue weighted by molar-refractivity contribution is -0.130. The van der Waals surface area contributed by atoms with Crippen molar-refractivity contribution < 1.29 is 9.59 Å². The van der Waals surface area contributed by atoms with E-state index in [1.54, 1.807) is 13.1 Å². The molecule has 1 aliphatic carbocycles. The molecule has 0 spiro atoms. The van der Waals surface area contributed by atoms with Gasteiger partial charge in [0, 0.05) is 38.5 Å². The first-order valence-corrected chi connectivity index (χ1v) is 7.29. The molecule has 0 unspecified atom stereocenters. The van der Waals surface area contributed by atoms with Crippen LogP contribution in [0.1, 0.15) is 60.4 Å². The molecule has 1 aromatic rings. The molecule has 1 amide bonds. The van der Waals surface area contributed by atoms with Crippen molar-refractivity contribution in [2.45, 2.75) is 44.9 Å². The summed E-state index contributed by atoms with van der Waals surface area (Å²) in [5, 5.41) is 0. The van der Waals surface area contributed by atoms with Gasteiger partial charge in [-0.25, -0.2) is 9.97 Å². The topological polar surface area (TPSA) is 63.2 Å². The molecule has 0 saturated carbocycles. The van der Waals surface area contributed by atoms with Crippen LogP contribution in [-0.2, 0) is 11.2 Å². The van der Waals surface area contributed by atoms with E-state index in [0.29, 0.717) is 18.5 Å². The van der Waals surface area contributed by atoms with E-state index in [1.807, 2.05) is 4.90 Å². The monoisotopic (exact) mass is 273 g/mol. The van der Waals surface area contributed by atoms with Gasteiger partial charge in [-0.1, -0.05) is 0 Å². The molecule has 20 heavy (non-hydrogen) atoms. The van der Waals surface area contributed by atoms with Crippen molar-refractivity contribution >= 4 is 11.7 Å². The second-order valence-electron chi connectivity index (χ2n) is 5.67. The average molecular weight is 273 g/mol. The van der Waals surface area contributed by atoms with Gasteiger partial charge in [0.05, 0.1) is 11.3 Å². The fourth-order valence-corrected chi connectivity index (χ4v) is 3.08. The Morgan fingerprint density at radius 3 is 3.00 bits per heavy atom. The molecular formula is C15H19N3O2. The van der Waals surface area contributed by atoms with Gasteiger partial charge in [-0.15, -0.1) is 0 Å². The number of hydrogen-bond acceptors (Lipinski definition) is 4. The van der Waals surface area contributed by atoms with Crippen molar-refractivity contribution in [1.82, 2.24) is 14.9 Å². The molecule has 106 valence electrons. The fraction of sp³-hybridized carbons (Fsp3) is 0.600. The van der Waals surface area contributed by atoms with Crippen LogP contribution in [0.5, 0.6) is 0 Å². The standard InChI is InChI=1S/C15H19N3O2/c1-10(19)18-7-3-4-11(9-18)15-16-8-12-13(17-15)5-2-6-14(12)20/h8,11H,2-7,9H2,1H3/t11-/m0/s1. The molecule has 3 rings (SSSR count). The number of nitrogens with zero attached hydrogens (tertiary/aromatic N) is 3. The number of aryl methyl sites for hydroxylation is 1. The zero-order valence-electron chi connectivity index (χ0n) is 11.8. The van der Waals surface area contributed by atoms with Crippen molar-refractivity contribution in [2.24, 2.45) is 0 Å². The molecule has 0 aromatic carbocycles. The van der Waals surface area contributed by atoms with Gasteiger partial charge in [-0.3, -0.25) is 9.59 Å². The Hall–Kier alpha value is -1.78. The van der Waals surface area contributed by atoms with Crippen LogP contribution in [0, 0.1) is 0 Å². The molecule has 1 aromatic heterocycles. The Kier molecular flexibility index (Phi) is 3.51. The maximum Gasteiger partial charge on any atom is 0.219 e. The van der Waals surface area contributed by atoms with Gasteiger partial charge in [-0.2, -0.15) is 0 Å². The van der Waals surface area contributed by atoms with E-state index in [0.717, 1.165) is 43.7 Å². The van der Waals surface area contributed by atoms with Gasteiger partial charge in [0.2, 0.25) is 5.91 Å². The van der Waals surface area contributed by atoms with E-state index < -0.39 is 0 Å². The number of amides is 1. The van der Waals surface area contributed by atoms with Crippen molar-refractivity contribution in [2.75, 3.05) is 13.1 Å². The third-order valence-corrected chi connectivity index (χ3v) is 4.24. The predicted octanol–water partition coefficient (Wildman–Crippen LogP) is 1.72. The maximum absolute atomic E-state index is 11.8. The van der Waals surface area contributed by atoms with Crippen molar-refractivity contribution in [3.05, 3.63) is 23.3 Å². The first-order chi connectivity index (χ1) is 9.65. The third-order valence-electron chi connectivity index (χ3n) is 4.24. The van der Waals surface area contributed by atoms with E-state index >= 15 is 0 Å². The smallest absolute Gasteiger partial charge is 0.219 e. The second-order valence-corrected chi connectivity index (χ2v) is 5.67. The number of likely N-dealkylation sites (tertiary alicyclic amines) is 1. The summed E-state index contributed by atoms with van der Waals surface area (Å²) < 4.78 is 0. The molecular weight excluding hydrogens is 254 g/mol. The Morgan fingerprint density at radius 2 is 2.20 bits per heavy atom. The number of piperidine rings is 1. The second kappa shape index (κ2) is 5.31. The molecule has 2 heterocycles. The number of rotatable bonds is 1. The molecule has 0 bridgehead atoms. The van der Waals surface area contributed by atoms with Crippen LogP contribution in [0.15, 0.2) is 6.20 Å². The summed E-state index contributed by atoms with van der Waals surface area (Å²) in [6.45, 7) is 3.13. The van der Waals surface area contributed by atoms with E-state index in [2.05, 4.69) is 9.97 Å². The number of ketones is 1. The van der Waals surface area contributed by atoms with E-state index in [4.69, 9.17) is 0 Å². The first-order valence-electron chi connectivity index (χ1n) is 7.29. The molecule has 1 atom stereocenters. The molecule has 0 N–H and O–H groups in total. The summed E-state index contributed by atoms with van der Waals surface area (Å²) in [5.41, 5.74) is 1.59. The van der Waals surface area contributed by atoms with Gasteiger partial charge in [0.15, 0.2) is 5.78 Å². The van der Waals surface area contributed by atoms with Crippen LogP contribution in [-0.4, -0.2) is 39.6 Å². The van der Waals surface area contributed by atoms with Gasteiger partial charge in [0.25, 0.3) is 0 Å². The van der Waals surface area contributed by atoms with E-state index in [1.165, 1.54) is 0 Å². The lowest BCUT2D eigenvalue weighted by Gasteiger charge is -2.31. The molecule has 0 radical (unpaired) electrons. The summed E-state index contributed by atoms with van der Waals surface area (Å²) in [6, 6.07) is 0. The Bertz CT molecular complexity index is 556. The highest BCUT2D eigenvalue weighted by Crippen LogP contribution is 2.26. The van der Waals surface area contributed by atoms with Crippen LogP contribution < -0.4 is 0 Å². The fourth-order valence-electron chi connectivity index (χ4n) is 3.08. The predicted molar refractivity (Wildman–Crippen MR) is 73.5 cm³/mol. The molecule has 1 aliphatic heterocycles. The average Bonchev–Trinajstić information content (AvgIpc) is 2.47. The number of hydrogen-bond donors (Lipinski definition) is 0. The zero-order chi connectivity index (χ0) is 14.1. The van der Waals surface area contributed by atoms with Crippen molar-refractivity contribution in [3.8, 4) is 0 Å². The lowest BCUT2D eigenvalue weighted by atomic mass is 9.94. The largest absolute Gasteiger partial charge is 0.342 e. The van der Waals surface area contributed by atoms with Crippen molar-refractivity contribution in [1.29, 1.82) is 0 Å².